The topological polar surface area (TPSA) is 68.0 Å². The van der Waals surface area contributed by atoms with Crippen LogP contribution in [0.2, 0.25) is 0 Å². The van der Waals surface area contributed by atoms with E-state index in [2.05, 4.69) is 22.4 Å². The van der Waals surface area contributed by atoms with E-state index in [4.69, 9.17) is 5.73 Å². The largest absolute Gasteiger partial charge is 0.370 e. The second-order valence-corrected chi connectivity index (χ2v) is 4.70. The Morgan fingerprint density at radius 2 is 2.11 bits per heavy atom. The van der Waals surface area contributed by atoms with Crippen molar-refractivity contribution in [3.63, 3.8) is 0 Å². The van der Waals surface area contributed by atoms with Crippen LogP contribution in [0.3, 0.4) is 0 Å². The smallest absolute Gasteiger partial charge is 0.217 e. The Morgan fingerprint density at radius 1 is 1.32 bits per heavy atom. The molecule has 3 N–H and O–H groups in total. The Kier molecular flexibility index (Phi) is 4.34. The van der Waals surface area contributed by atoms with E-state index in [9.17, 15) is 4.79 Å². The molecular weight excluding hydrogens is 238 g/mol. The summed E-state index contributed by atoms with van der Waals surface area (Å²) in [6.07, 6.45) is 2.18. The number of pyridine rings is 1. The quantitative estimate of drug-likeness (QED) is 0.782. The van der Waals surface area contributed by atoms with Crippen molar-refractivity contribution in [3.05, 3.63) is 35.9 Å². The molecule has 2 rings (SSSR count). The molecule has 100 valence electrons. The number of hydrogen-bond donors (Lipinski definition) is 2. The molecule has 0 aliphatic rings. The van der Waals surface area contributed by atoms with Gasteiger partial charge in [0, 0.05) is 18.4 Å². The third-order valence-electron chi connectivity index (χ3n) is 3.06. The SMILES string of the molecule is Cc1cc2ccccc2nc1NCCCCC(N)=O. The molecule has 1 aromatic heterocycles. The number of hydrogen-bond acceptors (Lipinski definition) is 3. The number of anilines is 1. The molecule has 0 fully saturated rings. The standard InChI is InChI=1S/C15H19N3O/c1-11-10-12-6-2-3-7-13(12)18-15(11)17-9-5-4-8-14(16)19/h2-3,6-7,10H,4-5,8-9H2,1H3,(H2,16,19)(H,17,18). The number of fused-ring (bicyclic) bond motifs is 1. The lowest BCUT2D eigenvalue weighted by molar-refractivity contribution is -0.118. The van der Waals surface area contributed by atoms with Crippen LogP contribution in [0, 0.1) is 6.92 Å². The van der Waals surface area contributed by atoms with Crippen LogP contribution in [-0.4, -0.2) is 17.4 Å². The highest BCUT2D eigenvalue weighted by molar-refractivity contribution is 5.81. The number of aryl methyl sites for hydroxylation is 1. The zero-order valence-corrected chi connectivity index (χ0v) is 11.1. The summed E-state index contributed by atoms with van der Waals surface area (Å²) in [7, 11) is 0. The predicted molar refractivity (Wildman–Crippen MR) is 78.0 cm³/mol. The average Bonchev–Trinajstić information content (AvgIpc) is 2.38. The number of para-hydroxylation sites is 1. The van der Waals surface area contributed by atoms with Gasteiger partial charge in [-0.25, -0.2) is 4.98 Å². The maximum atomic E-state index is 10.6. The molecule has 0 bridgehead atoms. The highest BCUT2D eigenvalue weighted by Crippen LogP contribution is 2.19. The van der Waals surface area contributed by atoms with E-state index in [0.717, 1.165) is 41.7 Å². The van der Waals surface area contributed by atoms with Crippen LogP contribution in [0.1, 0.15) is 24.8 Å². The summed E-state index contributed by atoms with van der Waals surface area (Å²) in [4.78, 5) is 15.2. The Balaban J connectivity index is 1.96. The Hall–Kier alpha value is -2.10. The number of nitrogens with one attached hydrogen (secondary N) is 1. The Morgan fingerprint density at radius 3 is 2.89 bits per heavy atom. The van der Waals surface area contributed by atoms with Gasteiger partial charge in [-0.05, 0) is 37.5 Å². The minimum atomic E-state index is -0.236. The minimum absolute atomic E-state index is 0.236. The molecule has 19 heavy (non-hydrogen) atoms. The predicted octanol–water partition coefficient (Wildman–Crippen LogP) is 2.61. The molecule has 0 aliphatic carbocycles. The molecule has 0 aliphatic heterocycles. The minimum Gasteiger partial charge on any atom is -0.370 e. The number of nitrogens with zero attached hydrogens (tertiary/aromatic N) is 1. The van der Waals surface area contributed by atoms with Gasteiger partial charge in [0.2, 0.25) is 5.91 Å². The van der Waals surface area contributed by atoms with Crippen LogP contribution in [0.25, 0.3) is 10.9 Å². The summed E-state index contributed by atoms with van der Waals surface area (Å²) >= 11 is 0. The first-order chi connectivity index (χ1) is 9.16. The van der Waals surface area contributed by atoms with E-state index in [1.807, 2.05) is 25.1 Å². The van der Waals surface area contributed by atoms with Crippen molar-refractivity contribution in [1.29, 1.82) is 0 Å². The molecule has 4 nitrogen and oxygen atoms in total. The molecule has 0 unspecified atom stereocenters. The summed E-state index contributed by atoms with van der Waals surface area (Å²) in [6.45, 7) is 2.85. The normalized spacial score (nSPS) is 10.6. The zero-order valence-electron chi connectivity index (χ0n) is 11.1. The first kappa shape index (κ1) is 13.3. The fourth-order valence-electron chi connectivity index (χ4n) is 2.03. The molecule has 2 aromatic rings. The molecule has 0 saturated carbocycles. The molecule has 0 spiro atoms. The van der Waals surface area contributed by atoms with Gasteiger partial charge in [0.05, 0.1) is 5.52 Å². The Labute approximate surface area is 113 Å². The molecule has 4 heteroatoms. The molecule has 1 amide bonds. The van der Waals surface area contributed by atoms with Crippen LogP contribution in [-0.2, 0) is 4.79 Å². The fraction of sp³-hybridized carbons (Fsp3) is 0.333. The number of rotatable bonds is 6. The number of aromatic nitrogens is 1. The average molecular weight is 257 g/mol. The molecule has 1 aromatic carbocycles. The van der Waals surface area contributed by atoms with Crippen LogP contribution in [0.4, 0.5) is 5.82 Å². The Bertz CT molecular complexity index is 581. The summed E-state index contributed by atoms with van der Waals surface area (Å²) in [6, 6.07) is 10.2. The van der Waals surface area contributed by atoms with Crippen molar-refractivity contribution in [2.24, 2.45) is 5.73 Å². The van der Waals surface area contributed by atoms with Gasteiger partial charge in [0.25, 0.3) is 0 Å². The first-order valence-electron chi connectivity index (χ1n) is 6.55. The molecule has 0 atom stereocenters. The second kappa shape index (κ2) is 6.18. The van der Waals surface area contributed by atoms with Gasteiger partial charge in [-0.2, -0.15) is 0 Å². The van der Waals surface area contributed by atoms with Gasteiger partial charge in [-0.1, -0.05) is 18.2 Å². The third kappa shape index (κ3) is 3.68. The van der Waals surface area contributed by atoms with Crippen molar-refractivity contribution in [2.45, 2.75) is 26.2 Å². The van der Waals surface area contributed by atoms with Crippen molar-refractivity contribution in [2.75, 3.05) is 11.9 Å². The number of primary amides is 1. The molecule has 1 heterocycles. The van der Waals surface area contributed by atoms with Crippen LogP contribution in [0.15, 0.2) is 30.3 Å². The van der Waals surface area contributed by atoms with Gasteiger partial charge in [-0.3, -0.25) is 4.79 Å². The highest BCUT2D eigenvalue weighted by atomic mass is 16.1. The number of carbonyl (C=O) groups is 1. The number of benzene rings is 1. The van der Waals surface area contributed by atoms with Gasteiger partial charge in [0.1, 0.15) is 5.82 Å². The summed E-state index contributed by atoms with van der Waals surface area (Å²) in [5.41, 5.74) is 7.23. The monoisotopic (exact) mass is 257 g/mol. The van der Waals surface area contributed by atoms with Crippen LogP contribution in [0.5, 0.6) is 0 Å². The van der Waals surface area contributed by atoms with E-state index in [-0.39, 0.29) is 5.91 Å². The lowest BCUT2D eigenvalue weighted by atomic mass is 10.1. The van der Waals surface area contributed by atoms with Crippen molar-refractivity contribution >= 4 is 22.6 Å². The lowest BCUT2D eigenvalue weighted by Gasteiger charge is -2.09. The fourth-order valence-corrected chi connectivity index (χ4v) is 2.03. The van der Waals surface area contributed by atoms with Crippen molar-refractivity contribution in [1.82, 2.24) is 4.98 Å². The number of nitrogens with two attached hydrogens (primary N) is 1. The van der Waals surface area contributed by atoms with Crippen molar-refractivity contribution < 1.29 is 4.79 Å². The number of carbonyl (C=O) groups excluding carboxylic acids is 1. The molecule has 0 radical (unpaired) electrons. The van der Waals surface area contributed by atoms with E-state index in [1.54, 1.807) is 0 Å². The van der Waals surface area contributed by atoms with E-state index in [1.165, 1.54) is 0 Å². The summed E-state index contributed by atoms with van der Waals surface area (Å²) in [5, 5.41) is 4.47. The molecular formula is C15H19N3O. The maximum absolute atomic E-state index is 10.6. The summed E-state index contributed by atoms with van der Waals surface area (Å²) < 4.78 is 0. The second-order valence-electron chi connectivity index (χ2n) is 4.70. The van der Waals surface area contributed by atoms with Crippen molar-refractivity contribution in [3.8, 4) is 0 Å². The first-order valence-corrected chi connectivity index (χ1v) is 6.55. The van der Waals surface area contributed by atoms with Gasteiger partial charge >= 0.3 is 0 Å². The molecule has 0 saturated heterocycles. The number of amides is 1. The van der Waals surface area contributed by atoms with Crippen LogP contribution >= 0.6 is 0 Å². The van der Waals surface area contributed by atoms with E-state index in [0.29, 0.717) is 6.42 Å². The van der Waals surface area contributed by atoms with E-state index < -0.39 is 0 Å². The third-order valence-corrected chi connectivity index (χ3v) is 3.06. The van der Waals surface area contributed by atoms with E-state index >= 15 is 0 Å². The zero-order chi connectivity index (χ0) is 13.7. The maximum Gasteiger partial charge on any atom is 0.217 e. The van der Waals surface area contributed by atoms with Gasteiger partial charge in [0.15, 0.2) is 0 Å². The van der Waals surface area contributed by atoms with Gasteiger partial charge in [-0.15, -0.1) is 0 Å². The van der Waals surface area contributed by atoms with Gasteiger partial charge < -0.3 is 11.1 Å². The highest BCUT2D eigenvalue weighted by Gasteiger charge is 2.02. The summed E-state index contributed by atoms with van der Waals surface area (Å²) in [5.74, 6) is 0.679. The number of unbranched alkanes of at least 4 members (excludes halogenated alkanes) is 1. The van der Waals surface area contributed by atoms with Crippen LogP contribution < -0.4 is 11.1 Å². The lowest BCUT2D eigenvalue weighted by Crippen LogP contribution is -2.11.